The number of nitrogens with zero attached hydrogens (tertiary/aromatic N) is 7. The van der Waals surface area contributed by atoms with Crippen LogP contribution in [-0.2, 0) is 28.5 Å². The Hall–Kier alpha value is -3.83. The van der Waals surface area contributed by atoms with Crippen molar-refractivity contribution in [2.45, 2.75) is 42.4 Å². The van der Waals surface area contributed by atoms with Gasteiger partial charge >= 0.3 is 17.8 Å². The average Bonchev–Trinajstić information content (AvgIpc) is 3.26. The first-order valence-corrected chi connectivity index (χ1v) is 12.4. The molecule has 4 aromatic rings. The van der Waals surface area contributed by atoms with Crippen LogP contribution in [0.4, 0.5) is 26.3 Å². The lowest BCUT2D eigenvalue weighted by Crippen LogP contribution is -2.47. The van der Waals surface area contributed by atoms with Gasteiger partial charge in [-0.15, -0.1) is 0 Å². The van der Waals surface area contributed by atoms with Crippen molar-refractivity contribution in [2.75, 3.05) is 5.75 Å². The van der Waals surface area contributed by atoms with Crippen molar-refractivity contribution in [2.24, 2.45) is 7.05 Å². The summed E-state index contributed by atoms with van der Waals surface area (Å²) in [5.41, 5.74) is -4.98. The predicted molar refractivity (Wildman–Crippen MR) is 114 cm³/mol. The first kappa shape index (κ1) is 25.8. The molecule has 1 saturated carbocycles. The van der Waals surface area contributed by atoms with Crippen molar-refractivity contribution >= 4 is 21.0 Å². The first-order chi connectivity index (χ1) is 17.6. The molecule has 0 amide bonds. The largest absolute Gasteiger partial charge is 0.594 e. The first-order valence-electron chi connectivity index (χ1n) is 10.8. The fraction of sp³-hybridized carbons (Fsp3) is 0.400. The molecule has 202 valence electrons. The van der Waals surface area contributed by atoms with Crippen molar-refractivity contribution in [1.29, 1.82) is 0 Å². The van der Waals surface area contributed by atoms with E-state index in [2.05, 4.69) is 25.2 Å². The molecule has 5 rings (SSSR count). The van der Waals surface area contributed by atoms with Crippen molar-refractivity contribution in [3.63, 3.8) is 0 Å². The topological polar surface area (TPSA) is 144 Å². The molecule has 0 spiro atoms. The Labute approximate surface area is 208 Å². The number of sulfone groups is 1. The fourth-order valence-corrected chi connectivity index (χ4v) is 4.65. The van der Waals surface area contributed by atoms with Gasteiger partial charge in [0.15, 0.2) is 21.3 Å². The van der Waals surface area contributed by atoms with E-state index in [0.717, 1.165) is 16.8 Å². The Morgan fingerprint density at radius 3 is 2.47 bits per heavy atom. The standard InChI is InChI=1S/C20H15F6N7O4S/c1-3-38(35,36)11-6-9(14-29-17(37-31-14)18(21)4-5-18)8-27-13(11)16-28-10-7-12(19(22,23)20(24,25)26)33(34)30-15(10)32(16)2/h6-8H,3-5H2,1-2H3. The van der Waals surface area contributed by atoms with Crippen LogP contribution >= 0.6 is 0 Å². The molecule has 0 aromatic carbocycles. The zero-order valence-electron chi connectivity index (χ0n) is 19.3. The maximum Gasteiger partial charge on any atom is 0.464 e. The molecule has 0 bridgehead atoms. The average molecular weight is 563 g/mol. The van der Waals surface area contributed by atoms with Gasteiger partial charge in [-0.25, -0.2) is 17.8 Å². The zero-order valence-corrected chi connectivity index (χ0v) is 20.1. The number of imidazole rings is 1. The van der Waals surface area contributed by atoms with E-state index in [1.54, 1.807) is 0 Å². The van der Waals surface area contributed by atoms with Crippen molar-refractivity contribution < 1.29 is 44.1 Å². The number of pyridine rings is 1. The maximum atomic E-state index is 14.3. The molecule has 4 heterocycles. The van der Waals surface area contributed by atoms with E-state index in [1.165, 1.54) is 14.0 Å². The van der Waals surface area contributed by atoms with Crippen LogP contribution in [0.25, 0.3) is 34.1 Å². The van der Waals surface area contributed by atoms with Crippen molar-refractivity contribution in [3.05, 3.63) is 35.1 Å². The summed E-state index contributed by atoms with van der Waals surface area (Å²) >= 11 is 0. The van der Waals surface area contributed by atoms with Crippen LogP contribution in [0, 0.1) is 5.21 Å². The summed E-state index contributed by atoms with van der Waals surface area (Å²) < 4.78 is 112. The number of rotatable bonds is 6. The van der Waals surface area contributed by atoms with E-state index in [9.17, 15) is 40.0 Å². The van der Waals surface area contributed by atoms with E-state index >= 15 is 0 Å². The summed E-state index contributed by atoms with van der Waals surface area (Å²) in [7, 11) is -2.83. The van der Waals surface area contributed by atoms with Crippen LogP contribution in [0.2, 0.25) is 0 Å². The number of aryl methyl sites for hydroxylation is 1. The van der Waals surface area contributed by atoms with Gasteiger partial charge in [-0.2, -0.15) is 26.9 Å². The summed E-state index contributed by atoms with van der Waals surface area (Å²) in [4.78, 5) is 10.7. The molecule has 0 unspecified atom stereocenters. The van der Waals surface area contributed by atoms with E-state index < -0.39 is 60.0 Å². The number of aromatic nitrogens is 7. The summed E-state index contributed by atoms with van der Waals surface area (Å²) in [6.45, 7) is 1.33. The molecule has 0 atom stereocenters. The van der Waals surface area contributed by atoms with E-state index in [-0.39, 0.29) is 47.7 Å². The van der Waals surface area contributed by atoms with Gasteiger partial charge in [0.05, 0.1) is 10.6 Å². The van der Waals surface area contributed by atoms with Gasteiger partial charge in [-0.05, 0) is 23.8 Å². The van der Waals surface area contributed by atoms with Crippen LogP contribution in [0.15, 0.2) is 27.7 Å². The molecule has 38 heavy (non-hydrogen) atoms. The lowest BCUT2D eigenvalue weighted by atomic mass is 10.2. The maximum absolute atomic E-state index is 14.3. The normalized spacial score (nSPS) is 15.8. The van der Waals surface area contributed by atoms with Gasteiger partial charge in [0.25, 0.3) is 5.89 Å². The highest BCUT2D eigenvalue weighted by molar-refractivity contribution is 7.91. The summed E-state index contributed by atoms with van der Waals surface area (Å²) in [6.07, 6.45) is -4.56. The van der Waals surface area contributed by atoms with Crippen LogP contribution in [0.1, 0.15) is 31.4 Å². The second kappa shape index (κ2) is 8.08. The Morgan fingerprint density at radius 1 is 1.18 bits per heavy atom. The Kier molecular flexibility index (Phi) is 5.49. The fourth-order valence-electron chi connectivity index (χ4n) is 3.59. The highest BCUT2D eigenvalue weighted by atomic mass is 32.2. The highest BCUT2D eigenvalue weighted by Crippen LogP contribution is 2.49. The monoisotopic (exact) mass is 563 g/mol. The zero-order chi connectivity index (χ0) is 27.8. The summed E-state index contributed by atoms with van der Waals surface area (Å²) in [5.74, 6) is -6.66. The second-order valence-corrected chi connectivity index (χ2v) is 10.8. The summed E-state index contributed by atoms with van der Waals surface area (Å²) in [6, 6.07) is 1.34. The Bertz CT molecular complexity index is 1700. The van der Waals surface area contributed by atoms with Gasteiger partial charge in [-0.1, -0.05) is 12.1 Å². The third-order valence-corrected chi connectivity index (χ3v) is 7.71. The number of alkyl halides is 6. The molecule has 18 heteroatoms. The van der Waals surface area contributed by atoms with E-state index in [1.807, 2.05) is 0 Å². The molecule has 0 aliphatic heterocycles. The van der Waals surface area contributed by atoms with Gasteiger partial charge in [0.2, 0.25) is 11.5 Å². The number of halogens is 6. The van der Waals surface area contributed by atoms with Gasteiger partial charge in [0, 0.05) is 30.0 Å². The Morgan fingerprint density at radius 2 is 1.87 bits per heavy atom. The van der Waals surface area contributed by atoms with Gasteiger partial charge < -0.3 is 14.3 Å². The van der Waals surface area contributed by atoms with E-state index in [4.69, 9.17) is 4.52 Å². The van der Waals surface area contributed by atoms with Gasteiger partial charge in [-0.3, -0.25) is 4.98 Å². The lowest BCUT2D eigenvalue weighted by Gasteiger charge is -2.16. The summed E-state index contributed by atoms with van der Waals surface area (Å²) in [5, 5.41) is 18.9. The second-order valence-electron chi connectivity index (χ2n) is 8.54. The molecule has 0 saturated heterocycles. The third kappa shape index (κ3) is 3.93. The van der Waals surface area contributed by atoms with Crippen LogP contribution in [0.5, 0.6) is 0 Å². The van der Waals surface area contributed by atoms with Crippen molar-refractivity contribution in [1.82, 2.24) is 29.8 Å². The van der Waals surface area contributed by atoms with Gasteiger partial charge in [0.1, 0.15) is 11.2 Å². The number of fused-ring (bicyclic) bond motifs is 1. The quantitative estimate of drug-likeness (QED) is 0.196. The molecule has 1 fully saturated rings. The van der Waals surface area contributed by atoms with E-state index in [0.29, 0.717) is 0 Å². The number of hydrogen-bond acceptors (Lipinski definition) is 9. The predicted octanol–water partition coefficient (Wildman–Crippen LogP) is 3.12. The molecular formula is C20H15F6N7O4S. The number of hydrogen-bond donors (Lipinski definition) is 0. The smallest absolute Gasteiger partial charge is 0.464 e. The molecule has 11 nitrogen and oxygen atoms in total. The minimum absolute atomic E-state index is 0.0430. The molecule has 1 aliphatic carbocycles. The highest BCUT2D eigenvalue weighted by Gasteiger charge is 2.64. The molecule has 4 aromatic heterocycles. The SMILES string of the molecule is CCS(=O)(=O)c1cc(-c2noc(C3(F)CC3)n2)cnc1-c1nc2cc(C(F)(F)C(F)(F)F)[n+]([O-])nc2n1C. The minimum Gasteiger partial charge on any atom is -0.594 e. The molecule has 0 radical (unpaired) electrons. The minimum atomic E-state index is -6.08. The third-order valence-electron chi connectivity index (χ3n) is 5.97. The van der Waals surface area contributed by atoms with Crippen molar-refractivity contribution in [3.8, 4) is 22.9 Å². The lowest BCUT2D eigenvalue weighted by molar-refractivity contribution is -0.686. The molecular weight excluding hydrogens is 548 g/mol. The molecule has 0 N–H and O–H groups in total. The van der Waals surface area contributed by atoms with Crippen LogP contribution in [0.3, 0.4) is 0 Å². The molecule has 1 aliphatic rings. The van der Waals surface area contributed by atoms with Crippen LogP contribution < -0.4 is 4.85 Å². The Balaban J connectivity index is 1.67. The van der Waals surface area contributed by atoms with Crippen LogP contribution in [-0.4, -0.2) is 50.1 Å².